The summed E-state index contributed by atoms with van der Waals surface area (Å²) in [7, 11) is 1.64. The van der Waals surface area contributed by atoms with E-state index in [9.17, 15) is 4.79 Å². The molecule has 0 aromatic heterocycles. The van der Waals surface area contributed by atoms with Crippen LogP contribution in [0.15, 0.2) is 54.6 Å². The summed E-state index contributed by atoms with van der Waals surface area (Å²) in [6.45, 7) is 7.20. The second kappa shape index (κ2) is 10.8. The van der Waals surface area contributed by atoms with Crippen molar-refractivity contribution < 1.29 is 9.53 Å². The molecule has 3 rings (SSSR count). The van der Waals surface area contributed by atoms with Gasteiger partial charge in [-0.2, -0.15) is 0 Å². The lowest BCUT2D eigenvalue weighted by atomic mass is 10.1. The molecule has 5 nitrogen and oxygen atoms in total. The summed E-state index contributed by atoms with van der Waals surface area (Å²) >= 11 is 0. The van der Waals surface area contributed by atoms with Gasteiger partial charge in [-0.05, 0) is 24.6 Å². The molecule has 28 heavy (non-hydrogen) atoms. The van der Waals surface area contributed by atoms with E-state index in [0.29, 0.717) is 6.42 Å². The van der Waals surface area contributed by atoms with Crippen molar-refractivity contribution in [1.82, 2.24) is 15.1 Å². The van der Waals surface area contributed by atoms with E-state index in [1.54, 1.807) is 7.11 Å². The molecule has 1 heterocycles. The SMILES string of the molecule is COc1ccccc1CC(=O)NCCCN1CCN(Cc2ccccc2)CC1. The zero-order valence-electron chi connectivity index (χ0n) is 16.8. The Morgan fingerprint density at radius 2 is 1.64 bits per heavy atom. The molecule has 0 atom stereocenters. The van der Waals surface area contributed by atoms with Gasteiger partial charge in [0.1, 0.15) is 5.75 Å². The molecule has 0 aliphatic carbocycles. The Bertz CT molecular complexity index is 728. The number of rotatable bonds is 9. The third-order valence-corrected chi connectivity index (χ3v) is 5.23. The number of hydrogen-bond donors (Lipinski definition) is 1. The highest BCUT2D eigenvalue weighted by Gasteiger charge is 2.16. The monoisotopic (exact) mass is 381 g/mol. The molecule has 0 radical (unpaired) electrons. The number of benzene rings is 2. The highest BCUT2D eigenvalue weighted by molar-refractivity contribution is 5.79. The number of nitrogens with one attached hydrogen (secondary N) is 1. The van der Waals surface area contributed by atoms with E-state index in [1.807, 2.05) is 24.3 Å². The summed E-state index contributed by atoms with van der Waals surface area (Å²) in [6.07, 6.45) is 1.35. The minimum atomic E-state index is 0.0529. The van der Waals surface area contributed by atoms with Crippen LogP contribution in [0.3, 0.4) is 0 Å². The molecule has 2 aromatic rings. The van der Waals surface area contributed by atoms with Crippen molar-refractivity contribution in [2.45, 2.75) is 19.4 Å². The van der Waals surface area contributed by atoms with Gasteiger partial charge in [0.25, 0.3) is 0 Å². The van der Waals surface area contributed by atoms with Gasteiger partial charge in [-0.25, -0.2) is 0 Å². The summed E-state index contributed by atoms with van der Waals surface area (Å²) < 4.78 is 5.31. The van der Waals surface area contributed by atoms with Gasteiger partial charge >= 0.3 is 0 Å². The second-order valence-electron chi connectivity index (χ2n) is 7.30. The molecule has 1 aliphatic rings. The van der Waals surface area contributed by atoms with Crippen molar-refractivity contribution in [1.29, 1.82) is 0 Å². The molecular weight excluding hydrogens is 350 g/mol. The highest BCUT2D eigenvalue weighted by Crippen LogP contribution is 2.17. The van der Waals surface area contributed by atoms with Crippen LogP contribution in [0.2, 0.25) is 0 Å². The lowest BCUT2D eigenvalue weighted by Gasteiger charge is -2.34. The largest absolute Gasteiger partial charge is 0.496 e. The van der Waals surface area contributed by atoms with Crippen LogP contribution in [0.5, 0.6) is 5.75 Å². The van der Waals surface area contributed by atoms with Crippen LogP contribution in [0.1, 0.15) is 17.5 Å². The number of carbonyl (C=O) groups excluding carboxylic acids is 1. The fraction of sp³-hybridized carbons (Fsp3) is 0.435. The summed E-state index contributed by atoms with van der Waals surface area (Å²) in [5, 5.41) is 3.03. The van der Waals surface area contributed by atoms with Gasteiger partial charge in [-0.3, -0.25) is 9.69 Å². The molecule has 0 bridgehead atoms. The molecule has 1 N–H and O–H groups in total. The normalized spacial score (nSPS) is 15.3. The number of ether oxygens (including phenoxy) is 1. The number of hydrogen-bond acceptors (Lipinski definition) is 4. The summed E-state index contributed by atoms with van der Waals surface area (Å²) in [4.78, 5) is 17.2. The van der Waals surface area contributed by atoms with Crippen LogP contribution in [0.4, 0.5) is 0 Å². The summed E-state index contributed by atoms with van der Waals surface area (Å²) in [5.41, 5.74) is 2.31. The van der Waals surface area contributed by atoms with E-state index >= 15 is 0 Å². The molecule has 0 saturated carbocycles. The number of carbonyl (C=O) groups is 1. The molecule has 1 fully saturated rings. The fourth-order valence-corrected chi connectivity index (χ4v) is 3.63. The van der Waals surface area contributed by atoms with E-state index in [0.717, 1.165) is 63.5 Å². The Morgan fingerprint density at radius 3 is 2.39 bits per heavy atom. The zero-order chi connectivity index (χ0) is 19.6. The number of piperazine rings is 1. The first-order valence-electron chi connectivity index (χ1n) is 10.1. The number of amides is 1. The first kappa shape index (κ1) is 20.4. The minimum Gasteiger partial charge on any atom is -0.496 e. The Hall–Kier alpha value is -2.37. The molecule has 1 amide bonds. The van der Waals surface area contributed by atoms with Crippen LogP contribution in [-0.4, -0.2) is 62.1 Å². The van der Waals surface area contributed by atoms with Crippen molar-refractivity contribution in [3.05, 3.63) is 65.7 Å². The standard InChI is InChI=1S/C23H31N3O2/c1-28-22-11-6-5-10-21(22)18-23(27)24-12-7-13-25-14-16-26(17-15-25)19-20-8-3-2-4-9-20/h2-6,8-11H,7,12-19H2,1H3,(H,24,27). The third kappa shape index (κ3) is 6.36. The molecule has 1 saturated heterocycles. The Balaban J connectivity index is 1.29. The average Bonchev–Trinajstić information content (AvgIpc) is 2.73. The van der Waals surface area contributed by atoms with Crippen LogP contribution in [-0.2, 0) is 17.8 Å². The molecule has 5 heteroatoms. The van der Waals surface area contributed by atoms with Gasteiger partial charge in [0.2, 0.25) is 5.91 Å². The van der Waals surface area contributed by atoms with Gasteiger partial charge in [0, 0.05) is 44.8 Å². The van der Waals surface area contributed by atoms with E-state index in [4.69, 9.17) is 4.74 Å². The van der Waals surface area contributed by atoms with Gasteiger partial charge in [-0.1, -0.05) is 48.5 Å². The maximum Gasteiger partial charge on any atom is 0.224 e. The van der Waals surface area contributed by atoms with Gasteiger partial charge in [-0.15, -0.1) is 0 Å². The Kier molecular flexibility index (Phi) is 7.88. The molecule has 150 valence electrons. The van der Waals surface area contributed by atoms with Gasteiger partial charge in [0.05, 0.1) is 13.5 Å². The number of methoxy groups -OCH3 is 1. The Morgan fingerprint density at radius 1 is 0.964 bits per heavy atom. The minimum absolute atomic E-state index is 0.0529. The van der Waals surface area contributed by atoms with Crippen LogP contribution >= 0.6 is 0 Å². The maximum absolute atomic E-state index is 12.2. The first-order chi connectivity index (χ1) is 13.7. The number of nitrogens with zero attached hydrogens (tertiary/aromatic N) is 2. The molecule has 2 aromatic carbocycles. The molecule has 1 aliphatic heterocycles. The molecule has 0 unspecified atom stereocenters. The van der Waals surface area contributed by atoms with Crippen LogP contribution in [0, 0.1) is 0 Å². The van der Waals surface area contributed by atoms with E-state index in [1.165, 1.54) is 5.56 Å². The lowest BCUT2D eigenvalue weighted by Crippen LogP contribution is -2.46. The van der Waals surface area contributed by atoms with Crippen molar-refractivity contribution in [2.75, 3.05) is 46.4 Å². The average molecular weight is 382 g/mol. The van der Waals surface area contributed by atoms with Crippen molar-refractivity contribution >= 4 is 5.91 Å². The van der Waals surface area contributed by atoms with Gasteiger partial charge < -0.3 is 15.0 Å². The van der Waals surface area contributed by atoms with Crippen molar-refractivity contribution in [3.63, 3.8) is 0 Å². The van der Waals surface area contributed by atoms with Crippen molar-refractivity contribution in [2.24, 2.45) is 0 Å². The van der Waals surface area contributed by atoms with Crippen LogP contribution < -0.4 is 10.1 Å². The van der Waals surface area contributed by atoms with Gasteiger partial charge in [0.15, 0.2) is 0 Å². The first-order valence-corrected chi connectivity index (χ1v) is 10.1. The Labute approximate surface area is 168 Å². The predicted octanol–water partition coefficient (Wildman–Crippen LogP) is 2.56. The highest BCUT2D eigenvalue weighted by atomic mass is 16.5. The van der Waals surface area contributed by atoms with Crippen LogP contribution in [0.25, 0.3) is 0 Å². The molecular formula is C23H31N3O2. The fourth-order valence-electron chi connectivity index (χ4n) is 3.63. The summed E-state index contributed by atoms with van der Waals surface area (Å²) in [5.74, 6) is 0.822. The zero-order valence-corrected chi connectivity index (χ0v) is 16.8. The summed E-state index contributed by atoms with van der Waals surface area (Å²) in [6, 6.07) is 18.3. The predicted molar refractivity (Wildman–Crippen MR) is 112 cm³/mol. The van der Waals surface area contributed by atoms with E-state index in [-0.39, 0.29) is 5.91 Å². The third-order valence-electron chi connectivity index (χ3n) is 5.23. The maximum atomic E-state index is 12.2. The lowest BCUT2D eigenvalue weighted by molar-refractivity contribution is -0.120. The smallest absolute Gasteiger partial charge is 0.224 e. The second-order valence-corrected chi connectivity index (χ2v) is 7.30. The number of para-hydroxylation sites is 1. The quantitative estimate of drug-likeness (QED) is 0.678. The van der Waals surface area contributed by atoms with E-state index in [2.05, 4.69) is 45.4 Å². The topological polar surface area (TPSA) is 44.8 Å². The van der Waals surface area contributed by atoms with Crippen molar-refractivity contribution in [3.8, 4) is 5.75 Å². The van der Waals surface area contributed by atoms with E-state index < -0.39 is 0 Å². The molecule has 0 spiro atoms.